The third-order valence-electron chi connectivity index (χ3n) is 9.75. The number of alkyl carbamates (subject to hydrolysis) is 1. The van der Waals surface area contributed by atoms with Crippen LogP contribution in [0.3, 0.4) is 0 Å². The molecule has 7 rings (SSSR count). The molecule has 0 heterocycles. The van der Waals surface area contributed by atoms with E-state index in [9.17, 15) is 19.3 Å². The van der Waals surface area contributed by atoms with Gasteiger partial charge < -0.3 is 19.7 Å². The summed E-state index contributed by atoms with van der Waals surface area (Å²) >= 11 is 0. The predicted octanol–water partition coefficient (Wildman–Crippen LogP) is 7.49. The minimum Gasteiger partial charge on any atom is -0.481 e. The lowest BCUT2D eigenvalue weighted by Gasteiger charge is -2.56. The smallest absolute Gasteiger partial charge is 0.407 e. The molecule has 0 saturated heterocycles. The molecule has 2 atom stereocenters. The van der Waals surface area contributed by atoms with E-state index in [0.717, 1.165) is 41.5 Å². The zero-order valence-electron chi connectivity index (χ0n) is 24.1. The van der Waals surface area contributed by atoms with Crippen LogP contribution in [0, 0.1) is 29.6 Å². The highest BCUT2D eigenvalue weighted by molar-refractivity contribution is 7.59. The van der Waals surface area contributed by atoms with Gasteiger partial charge in [0.1, 0.15) is 6.61 Å². The molecule has 41 heavy (non-hydrogen) atoms. The Kier molecular flexibility index (Phi) is 7.80. The Balaban J connectivity index is 1.15. The van der Waals surface area contributed by atoms with E-state index in [2.05, 4.69) is 29.6 Å². The first-order chi connectivity index (χ1) is 19.6. The third kappa shape index (κ3) is 5.99. The van der Waals surface area contributed by atoms with Crippen molar-refractivity contribution in [3.05, 3.63) is 59.7 Å². The Bertz CT molecular complexity index is 1270. The van der Waals surface area contributed by atoms with Crippen molar-refractivity contribution in [2.24, 2.45) is 29.6 Å². The highest BCUT2D eigenvalue weighted by atomic mass is 31.2. The van der Waals surface area contributed by atoms with Gasteiger partial charge in [0.05, 0.1) is 17.8 Å². The highest BCUT2D eigenvalue weighted by Gasteiger charge is 2.54. The number of nitrogens with one attached hydrogen (secondary N) is 1. The van der Waals surface area contributed by atoms with Crippen LogP contribution in [-0.2, 0) is 18.6 Å². The molecular formula is C33H42NO6P. The van der Waals surface area contributed by atoms with Crippen molar-refractivity contribution >= 4 is 19.4 Å². The lowest BCUT2D eigenvalue weighted by molar-refractivity contribution is -0.141. The van der Waals surface area contributed by atoms with Crippen molar-refractivity contribution in [2.45, 2.75) is 70.3 Å². The van der Waals surface area contributed by atoms with Gasteiger partial charge >= 0.3 is 12.1 Å². The minimum atomic E-state index is -3.54. The maximum atomic E-state index is 14.5. The number of fused-ring (bicyclic) bond motifs is 3. The van der Waals surface area contributed by atoms with E-state index in [0.29, 0.717) is 24.2 Å². The van der Waals surface area contributed by atoms with Crippen LogP contribution in [-0.4, -0.2) is 41.8 Å². The fourth-order valence-electron chi connectivity index (χ4n) is 8.62. The van der Waals surface area contributed by atoms with Crippen molar-refractivity contribution in [1.29, 1.82) is 0 Å². The third-order valence-corrected chi connectivity index (χ3v) is 12.1. The van der Waals surface area contributed by atoms with Crippen LogP contribution >= 0.6 is 7.37 Å². The standard InChI is InChI=1S/C33H42NO6P/c1-21(2)11-25(31(35)36)19-41(38,40-33-15-22-12-23(16-33)14-24(13-22)17-33)20-34-32(37)39-18-30-28-9-5-3-7-26(28)27-8-4-6-10-29(27)30/h3-10,21-25,30H,11-20H2,1-2H3,(H,34,37)(H,35,36). The van der Waals surface area contributed by atoms with Gasteiger partial charge in [0, 0.05) is 12.1 Å². The summed E-state index contributed by atoms with van der Waals surface area (Å²) in [5.74, 6) is 0.0836. The summed E-state index contributed by atoms with van der Waals surface area (Å²) in [6, 6.07) is 16.3. The molecule has 4 bridgehead atoms. The normalized spacial score (nSPS) is 28.1. The molecule has 4 fully saturated rings. The molecule has 0 radical (unpaired) electrons. The van der Waals surface area contributed by atoms with Gasteiger partial charge in [0.15, 0.2) is 0 Å². The molecule has 2 unspecified atom stereocenters. The Morgan fingerprint density at radius 2 is 1.49 bits per heavy atom. The second kappa shape index (κ2) is 11.2. The molecule has 2 aromatic rings. The van der Waals surface area contributed by atoms with E-state index >= 15 is 0 Å². The first-order valence-electron chi connectivity index (χ1n) is 15.2. The quantitative estimate of drug-likeness (QED) is 0.268. The van der Waals surface area contributed by atoms with E-state index in [4.69, 9.17) is 9.26 Å². The molecule has 5 aliphatic rings. The van der Waals surface area contributed by atoms with Gasteiger partial charge in [-0.25, -0.2) is 4.79 Å². The Hall–Kier alpha value is -2.63. The molecule has 0 spiro atoms. The SMILES string of the molecule is CC(C)CC(CP(=O)(CNC(=O)OCC1c2ccccc2-c2ccccc21)OC12CC3CC(CC(C3)C1)C2)C(=O)O. The fraction of sp³-hybridized carbons (Fsp3) is 0.576. The number of carbonyl (C=O) groups is 2. The average molecular weight is 580 g/mol. The van der Waals surface area contributed by atoms with Crippen molar-refractivity contribution in [1.82, 2.24) is 5.32 Å². The monoisotopic (exact) mass is 579 g/mol. The lowest BCUT2D eigenvalue weighted by atomic mass is 9.54. The van der Waals surface area contributed by atoms with E-state index in [1.54, 1.807) is 0 Å². The molecule has 220 valence electrons. The Morgan fingerprint density at radius 3 is 2.00 bits per heavy atom. The largest absolute Gasteiger partial charge is 0.481 e. The number of ether oxygens (including phenoxy) is 1. The topological polar surface area (TPSA) is 102 Å². The number of aliphatic carboxylic acids is 1. The van der Waals surface area contributed by atoms with Gasteiger partial charge in [0.2, 0.25) is 7.37 Å². The highest BCUT2D eigenvalue weighted by Crippen LogP contribution is 2.63. The maximum absolute atomic E-state index is 14.5. The van der Waals surface area contributed by atoms with Crippen LogP contribution in [0.25, 0.3) is 11.1 Å². The summed E-state index contributed by atoms with van der Waals surface area (Å²) < 4.78 is 26.9. The van der Waals surface area contributed by atoms with Crippen LogP contribution in [0.5, 0.6) is 0 Å². The van der Waals surface area contributed by atoms with Gasteiger partial charge in [-0.05, 0) is 90.9 Å². The molecular weight excluding hydrogens is 537 g/mol. The lowest BCUT2D eigenvalue weighted by Crippen LogP contribution is -2.52. The number of hydrogen-bond acceptors (Lipinski definition) is 5. The van der Waals surface area contributed by atoms with Crippen molar-refractivity contribution in [3.8, 4) is 11.1 Å². The summed E-state index contributed by atoms with van der Waals surface area (Å²) in [7, 11) is -3.54. The molecule has 0 aromatic heterocycles. The van der Waals surface area contributed by atoms with Crippen LogP contribution in [0.1, 0.15) is 75.8 Å². The number of carboxylic acids is 1. The van der Waals surface area contributed by atoms with E-state index in [1.165, 1.54) is 19.3 Å². The Labute approximate surface area is 242 Å². The minimum absolute atomic E-state index is 0.0775. The summed E-state index contributed by atoms with van der Waals surface area (Å²) in [6.07, 6.45) is 5.77. The van der Waals surface area contributed by atoms with Gasteiger partial charge in [-0.2, -0.15) is 0 Å². The summed E-state index contributed by atoms with van der Waals surface area (Å²) in [4.78, 5) is 25.2. The summed E-state index contributed by atoms with van der Waals surface area (Å²) in [6.45, 7) is 4.09. The fourth-order valence-corrected chi connectivity index (χ4v) is 11.2. The molecule has 0 aliphatic heterocycles. The molecule has 2 aromatic carbocycles. The number of carboxylic acid groups (broad SMARTS) is 1. The van der Waals surface area contributed by atoms with Crippen LogP contribution in [0.15, 0.2) is 48.5 Å². The van der Waals surface area contributed by atoms with E-state index in [1.807, 2.05) is 38.1 Å². The number of hydrogen-bond donors (Lipinski definition) is 2. The maximum Gasteiger partial charge on any atom is 0.407 e. The zero-order valence-corrected chi connectivity index (χ0v) is 25.0. The molecule has 2 N–H and O–H groups in total. The van der Waals surface area contributed by atoms with Crippen LogP contribution < -0.4 is 5.32 Å². The molecule has 1 amide bonds. The number of amides is 1. The molecule has 8 heteroatoms. The molecule has 4 saturated carbocycles. The number of rotatable bonds is 11. The molecule has 5 aliphatic carbocycles. The molecule has 7 nitrogen and oxygen atoms in total. The van der Waals surface area contributed by atoms with Gasteiger partial charge in [-0.1, -0.05) is 62.4 Å². The average Bonchev–Trinajstić information content (AvgIpc) is 3.23. The zero-order chi connectivity index (χ0) is 28.8. The summed E-state index contributed by atoms with van der Waals surface area (Å²) in [5.41, 5.74) is 4.07. The second-order valence-corrected chi connectivity index (χ2v) is 16.0. The van der Waals surface area contributed by atoms with Crippen molar-refractivity contribution in [2.75, 3.05) is 19.1 Å². The van der Waals surface area contributed by atoms with Gasteiger partial charge in [-0.15, -0.1) is 0 Å². The Morgan fingerprint density at radius 1 is 0.951 bits per heavy atom. The van der Waals surface area contributed by atoms with Gasteiger partial charge in [0.25, 0.3) is 0 Å². The summed E-state index contributed by atoms with van der Waals surface area (Å²) in [5, 5.41) is 12.7. The van der Waals surface area contributed by atoms with Gasteiger partial charge in [-0.3, -0.25) is 9.36 Å². The van der Waals surface area contributed by atoms with E-state index in [-0.39, 0.29) is 30.9 Å². The number of benzene rings is 2. The van der Waals surface area contributed by atoms with Crippen molar-refractivity contribution in [3.63, 3.8) is 0 Å². The second-order valence-electron chi connectivity index (χ2n) is 13.5. The van der Waals surface area contributed by atoms with Crippen LogP contribution in [0.2, 0.25) is 0 Å². The first-order valence-corrected chi connectivity index (χ1v) is 17.2. The van der Waals surface area contributed by atoms with E-state index < -0.39 is 31.0 Å². The number of carbonyl (C=O) groups excluding carboxylic acids is 1. The predicted molar refractivity (Wildman–Crippen MR) is 158 cm³/mol. The first kappa shape index (κ1) is 28.5. The van der Waals surface area contributed by atoms with Crippen molar-refractivity contribution < 1.29 is 28.5 Å². The van der Waals surface area contributed by atoms with Crippen LogP contribution in [0.4, 0.5) is 4.79 Å².